The Balaban J connectivity index is 2.02. The first-order valence-corrected chi connectivity index (χ1v) is 7.53. The zero-order chi connectivity index (χ0) is 17.6. The van der Waals surface area contributed by atoms with E-state index in [9.17, 15) is 23.1 Å². The fourth-order valence-electron chi connectivity index (χ4n) is 2.72. The van der Waals surface area contributed by atoms with E-state index in [2.05, 4.69) is 5.10 Å². The van der Waals surface area contributed by atoms with Crippen molar-refractivity contribution in [1.82, 2.24) is 9.78 Å². The van der Waals surface area contributed by atoms with Gasteiger partial charge in [-0.25, -0.2) is 9.48 Å². The maximum atomic E-state index is 13.0. The van der Waals surface area contributed by atoms with Gasteiger partial charge in [0.2, 0.25) is 0 Å². The number of rotatable bonds is 3. The van der Waals surface area contributed by atoms with Crippen molar-refractivity contribution in [3.63, 3.8) is 0 Å². The standard InChI is InChI=1S/C14H10Cl2F3N3O2/c15-8-3-7(4-9(16)5-8)6-21-1-2-22-12(21)10(13(23)24)11(20-22)14(17,18)19/h3-5H,1-2,6H2,(H,23,24). The molecule has 0 fully saturated rings. The molecule has 1 aromatic carbocycles. The normalized spacial score (nSPS) is 14.1. The zero-order valence-corrected chi connectivity index (χ0v) is 13.5. The number of anilines is 1. The van der Waals surface area contributed by atoms with Gasteiger partial charge in [0.25, 0.3) is 0 Å². The monoisotopic (exact) mass is 379 g/mol. The first kappa shape index (κ1) is 16.9. The highest BCUT2D eigenvalue weighted by atomic mass is 35.5. The fraction of sp³-hybridized carbons (Fsp3) is 0.286. The number of benzene rings is 1. The Hall–Kier alpha value is -1.93. The molecule has 2 heterocycles. The minimum absolute atomic E-state index is 0.0640. The number of carboxylic acid groups (broad SMARTS) is 1. The van der Waals surface area contributed by atoms with E-state index in [-0.39, 0.29) is 18.9 Å². The average Bonchev–Trinajstić information content (AvgIpc) is 2.97. The summed E-state index contributed by atoms with van der Waals surface area (Å²) in [6.07, 6.45) is -4.84. The van der Waals surface area contributed by atoms with Crippen LogP contribution in [0.5, 0.6) is 0 Å². The Bertz CT molecular complexity index is 800. The summed E-state index contributed by atoms with van der Waals surface area (Å²) in [7, 11) is 0. The van der Waals surface area contributed by atoms with E-state index in [1.807, 2.05) is 0 Å². The molecule has 1 aliphatic heterocycles. The van der Waals surface area contributed by atoms with Gasteiger partial charge in [-0.15, -0.1) is 0 Å². The number of halogens is 5. The van der Waals surface area contributed by atoms with Crippen LogP contribution in [0.3, 0.4) is 0 Å². The lowest BCUT2D eigenvalue weighted by Gasteiger charge is -2.19. The summed E-state index contributed by atoms with van der Waals surface area (Å²) in [5.74, 6) is -1.73. The molecule has 2 aromatic rings. The van der Waals surface area contributed by atoms with Gasteiger partial charge in [0.05, 0.1) is 6.54 Å². The number of hydrogen-bond acceptors (Lipinski definition) is 3. The minimum atomic E-state index is -4.84. The smallest absolute Gasteiger partial charge is 0.436 e. The lowest BCUT2D eigenvalue weighted by atomic mass is 10.2. The number of alkyl halides is 3. The van der Waals surface area contributed by atoms with Gasteiger partial charge >= 0.3 is 12.1 Å². The largest absolute Gasteiger partial charge is 0.477 e. The predicted octanol–water partition coefficient (Wildman–Crippen LogP) is 3.93. The van der Waals surface area contributed by atoms with Crippen LogP contribution in [0.4, 0.5) is 19.0 Å². The van der Waals surface area contributed by atoms with Gasteiger partial charge in [-0.2, -0.15) is 18.3 Å². The Kier molecular flexibility index (Phi) is 4.13. The summed E-state index contributed by atoms with van der Waals surface area (Å²) in [6, 6.07) is 4.78. The van der Waals surface area contributed by atoms with E-state index in [0.717, 1.165) is 4.68 Å². The number of aromatic nitrogens is 2. The molecule has 0 atom stereocenters. The van der Waals surface area contributed by atoms with Crippen LogP contribution in [-0.2, 0) is 19.3 Å². The maximum absolute atomic E-state index is 13.0. The van der Waals surface area contributed by atoms with Crippen molar-refractivity contribution in [2.75, 3.05) is 11.4 Å². The highest BCUT2D eigenvalue weighted by molar-refractivity contribution is 6.34. The van der Waals surface area contributed by atoms with Crippen molar-refractivity contribution in [3.8, 4) is 0 Å². The van der Waals surface area contributed by atoms with E-state index in [0.29, 0.717) is 22.2 Å². The third-order valence-electron chi connectivity index (χ3n) is 3.59. The summed E-state index contributed by atoms with van der Waals surface area (Å²) in [5, 5.41) is 13.4. The zero-order valence-electron chi connectivity index (χ0n) is 11.9. The van der Waals surface area contributed by atoms with Crippen LogP contribution in [0.1, 0.15) is 21.6 Å². The summed E-state index contributed by atoms with van der Waals surface area (Å²) < 4.78 is 40.2. The molecule has 0 unspecified atom stereocenters. The topological polar surface area (TPSA) is 58.4 Å². The van der Waals surface area contributed by atoms with E-state index < -0.39 is 23.4 Å². The van der Waals surface area contributed by atoms with Gasteiger partial charge in [0.1, 0.15) is 11.4 Å². The number of nitrogens with zero attached hydrogens (tertiary/aromatic N) is 3. The van der Waals surface area contributed by atoms with Crippen molar-refractivity contribution in [3.05, 3.63) is 45.1 Å². The first-order valence-electron chi connectivity index (χ1n) is 6.78. The van der Waals surface area contributed by atoms with Crippen molar-refractivity contribution < 1.29 is 23.1 Å². The van der Waals surface area contributed by atoms with Gasteiger partial charge in [0, 0.05) is 23.1 Å². The van der Waals surface area contributed by atoms with Crippen molar-refractivity contribution >= 4 is 35.0 Å². The van der Waals surface area contributed by atoms with E-state index >= 15 is 0 Å². The highest BCUT2D eigenvalue weighted by Gasteiger charge is 2.44. The molecular weight excluding hydrogens is 370 g/mol. The van der Waals surface area contributed by atoms with Gasteiger partial charge < -0.3 is 10.0 Å². The van der Waals surface area contributed by atoms with Crippen LogP contribution >= 0.6 is 23.2 Å². The van der Waals surface area contributed by atoms with Gasteiger partial charge in [-0.05, 0) is 23.8 Å². The molecule has 0 aliphatic carbocycles. The summed E-state index contributed by atoms with van der Waals surface area (Å²) in [4.78, 5) is 12.9. The number of aromatic carboxylic acids is 1. The van der Waals surface area contributed by atoms with Crippen LogP contribution in [0.15, 0.2) is 18.2 Å². The molecule has 1 aliphatic rings. The Labute approximate surface area is 144 Å². The quantitative estimate of drug-likeness (QED) is 0.877. The molecule has 1 N–H and O–H groups in total. The summed E-state index contributed by atoms with van der Waals surface area (Å²) in [5.41, 5.74) is -1.57. The summed E-state index contributed by atoms with van der Waals surface area (Å²) in [6.45, 7) is 0.675. The minimum Gasteiger partial charge on any atom is -0.477 e. The number of fused-ring (bicyclic) bond motifs is 1. The van der Waals surface area contributed by atoms with E-state index in [1.165, 1.54) is 11.0 Å². The molecular formula is C14H10Cl2F3N3O2. The number of carboxylic acids is 1. The predicted molar refractivity (Wildman–Crippen MR) is 81.7 cm³/mol. The van der Waals surface area contributed by atoms with Crippen molar-refractivity contribution in [1.29, 1.82) is 0 Å². The lowest BCUT2D eigenvalue weighted by molar-refractivity contribution is -0.142. The molecule has 3 rings (SSSR count). The SMILES string of the molecule is O=C(O)c1c(C(F)(F)F)nn2c1N(Cc1cc(Cl)cc(Cl)c1)CC2. The molecule has 24 heavy (non-hydrogen) atoms. The second-order valence-corrected chi connectivity index (χ2v) is 6.15. The molecule has 0 spiro atoms. The third-order valence-corrected chi connectivity index (χ3v) is 4.02. The lowest BCUT2D eigenvalue weighted by Crippen LogP contribution is -2.23. The molecule has 0 radical (unpaired) electrons. The van der Waals surface area contributed by atoms with Gasteiger partial charge in [0.15, 0.2) is 5.69 Å². The van der Waals surface area contributed by atoms with Crippen LogP contribution in [-0.4, -0.2) is 27.4 Å². The highest BCUT2D eigenvalue weighted by Crippen LogP contribution is 2.38. The Morgan fingerprint density at radius 3 is 2.38 bits per heavy atom. The molecule has 5 nitrogen and oxygen atoms in total. The van der Waals surface area contributed by atoms with Gasteiger partial charge in [-0.3, -0.25) is 0 Å². The van der Waals surface area contributed by atoms with Crippen molar-refractivity contribution in [2.45, 2.75) is 19.3 Å². The van der Waals surface area contributed by atoms with Crippen LogP contribution in [0, 0.1) is 0 Å². The fourth-order valence-corrected chi connectivity index (χ4v) is 3.29. The second-order valence-electron chi connectivity index (χ2n) is 5.27. The third kappa shape index (κ3) is 3.03. The first-order chi connectivity index (χ1) is 11.2. The van der Waals surface area contributed by atoms with E-state index in [4.69, 9.17) is 23.2 Å². The molecule has 0 saturated carbocycles. The second kappa shape index (κ2) is 5.86. The maximum Gasteiger partial charge on any atom is 0.436 e. The Morgan fingerprint density at radius 1 is 1.21 bits per heavy atom. The van der Waals surface area contributed by atoms with E-state index in [1.54, 1.807) is 12.1 Å². The van der Waals surface area contributed by atoms with Crippen LogP contribution in [0.25, 0.3) is 0 Å². The summed E-state index contributed by atoms with van der Waals surface area (Å²) >= 11 is 11.8. The molecule has 10 heteroatoms. The van der Waals surface area contributed by atoms with Crippen molar-refractivity contribution in [2.24, 2.45) is 0 Å². The molecule has 0 bridgehead atoms. The average molecular weight is 380 g/mol. The number of carbonyl (C=O) groups is 1. The molecule has 128 valence electrons. The van der Waals surface area contributed by atoms with Crippen LogP contribution < -0.4 is 4.90 Å². The molecule has 0 saturated heterocycles. The molecule has 0 amide bonds. The Morgan fingerprint density at radius 2 is 1.83 bits per heavy atom. The molecule has 1 aromatic heterocycles. The number of hydrogen-bond donors (Lipinski definition) is 1. The van der Waals surface area contributed by atoms with Gasteiger partial charge in [-0.1, -0.05) is 23.2 Å². The van der Waals surface area contributed by atoms with Crippen LogP contribution in [0.2, 0.25) is 10.0 Å².